The van der Waals surface area contributed by atoms with Crippen molar-refractivity contribution < 1.29 is 9.53 Å². The molecular formula is C14H14N2O2S. The zero-order valence-corrected chi connectivity index (χ0v) is 11.7. The van der Waals surface area contributed by atoms with Gasteiger partial charge in [-0.1, -0.05) is 0 Å². The van der Waals surface area contributed by atoms with Crippen molar-refractivity contribution in [2.24, 2.45) is 0 Å². The number of nitrogens with zero attached hydrogens (tertiary/aromatic N) is 2. The summed E-state index contributed by atoms with van der Waals surface area (Å²) in [5, 5.41) is 0. The van der Waals surface area contributed by atoms with Gasteiger partial charge in [0.25, 0.3) is 0 Å². The number of hydrogen-bond acceptors (Lipinski definition) is 5. The summed E-state index contributed by atoms with van der Waals surface area (Å²) in [6.07, 6.45) is 2.71. The van der Waals surface area contributed by atoms with Gasteiger partial charge in [0.05, 0.1) is 18.5 Å². The van der Waals surface area contributed by atoms with Gasteiger partial charge in [0.1, 0.15) is 4.88 Å². The zero-order valence-electron chi connectivity index (χ0n) is 10.8. The van der Waals surface area contributed by atoms with E-state index in [-0.39, 0.29) is 5.97 Å². The molecule has 0 spiro atoms. The Morgan fingerprint density at radius 3 is 3.16 bits per heavy atom. The Morgan fingerprint density at radius 2 is 2.37 bits per heavy atom. The van der Waals surface area contributed by atoms with E-state index in [2.05, 4.69) is 23.0 Å². The fraction of sp³-hybridized carbons (Fsp3) is 0.286. The average molecular weight is 274 g/mol. The van der Waals surface area contributed by atoms with E-state index in [0.29, 0.717) is 4.88 Å². The minimum atomic E-state index is -0.274. The maximum absolute atomic E-state index is 11.7. The predicted molar refractivity (Wildman–Crippen MR) is 75.9 cm³/mol. The summed E-state index contributed by atoms with van der Waals surface area (Å²) in [6, 6.07) is 5.90. The quantitative estimate of drug-likeness (QED) is 0.750. The number of esters is 1. The highest BCUT2D eigenvalue weighted by molar-refractivity contribution is 7.14. The number of fused-ring (bicyclic) bond motifs is 3. The molecule has 0 atom stereocenters. The first-order valence-corrected chi connectivity index (χ1v) is 6.90. The molecule has 0 bridgehead atoms. The Kier molecular flexibility index (Phi) is 2.98. The topological polar surface area (TPSA) is 42.4 Å². The molecule has 2 aromatic rings. The highest BCUT2D eigenvalue weighted by Crippen LogP contribution is 2.38. The van der Waals surface area contributed by atoms with E-state index in [0.717, 1.165) is 29.9 Å². The smallest absolute Gasteiger partial charge is 0.348 e. The van der Waals surface area contributed by atoms with Crippen LogP contribution in [-0.2, 0) is 11.2 Å². The van der Waals surface area contributed by atoms with Crippen LogP contribution in [0.1, 0.15) is 14.5 Å². The van der Waals surface area contributed by atoms with E-state index in [1.165, 1.54) is 23.3 Å². The Morgan fingerprint density at radius 1 is 1.53 bits per heavy atom. The maximum atomic E-state index is 11.7. The van der Waals surface area contributed by atoms with Gasteiger partial charge in [-0.05, 0) is 24.6 Å². The molecular weight excluding hydrogens is 260 g/mol. The summed E-state index contributed by atoms with van der Waals surface area (Å²) in [7, 11) is 3.48. The molecule has 1 aliphatic heterocycles. The van der Waals surface area contributed by atoms with Gasteiger partial charge in [0, 0.05) is 30.2 Å². The second-order valence-electron chi connectivity index (χ2n) is 4.48. The molecule has 2 aromatic heterocycles. The van der Waals surface area contributed by atoms with E-state index in [4.69, 9.17) is 4.74 Å². The molecule has 98 valence electrons. The summed E-state index contributed by atoms with van der Waals surface area (Å²) >= 11 is 1.51. The van der Waals surface area contributed by atoms with Gasteiger partial charge in [-0.3, -0.25) is 4.98 Å². The maximum Gasteiger partial charge on any atom is 0.348 e. The fourth-order valence-electron chi connectivity index (χ4n) is 2.32. The van der Waals surface area contributed by atoms with Crippen molar-refractivity contribution >= 4 is 23.0 Å². The van der Waals surface area contributed by atoms with Crippen molar-refractivity contribution in [1.29, 1.82) is 0 Å². The van der Waals surface area contributed by atoms with Crippen molar-refractivity contribution in [3.05, 3.63) is 34.2 Å². The number of carbonyl (C=O) groups is 1. The number of anilines is 1. The monoisotopic (exact) mass is 274 g/mol. The molecule has 0 aliphatic carbocycles. The lowest BCUT2D eigenvalue weighted by Gasteiger charge is -2.18. The molecule has 19 heavy (non-hydrogen) atoms. The minimum absolute atomic E-state index is 0.274. The molecule has 3 heterocycles. The number of carbonyl (C=O) groups excluding carboxylic acids is 1. The Balaban J connectivity index is 2.16. The largest absolute Gasteiger partial charge is 0.465 e. The van der Waals surface area contributed by atoms with Crippen LogP contribution in [0.4, 0.5) is 5.69 Å². The molecule has 0 saturated heterocycles. The van der Waals surface area contributed by atoms with Crippen LogP contribution >= 0.6 is 11.3 Å². The lowest BCUT2D eigenvalue weighted by Crippen LogP contribution is -2.19. The lowest BCUT2D eigenvalue weighted by molar-refractivity contribution is 0.0606. The highest BCUT2D eigenvalue weighted by Gasteiger charge is 2.23. The number of methoxy groups -OCH3 is 1. The highest BCUT2D eigenvalue weighted by atomic mass is 32.1. The van der Waals surface area contributed by atoms with Crippen molar-refractivity contribution in [2.45, 2.75) is 6.42 Å². The summed E-state index contributed by atoms with van der Waals surface area (Å²) in [6.45, 7) is 0.923. The van der Waals surface area contributed by atoms with E-state index >= 15 is 0 Å². The summed E-state index contributed by atoms with van der Waals surface area (Å²) in [5.41, 5.74) is 3.12. The van der Waals surface area contributed by atoms with Crippen LogP contribution in [0.3, 0.4) is 0 Å². The molecule has 0 aromatic carbocycles. The van der Waals surface area contributed by atoms with Crippen molar-refractivity contribution in [1.82, 2.24) is 4.98 Å². The predicted octanol–water partition coefficient (Wildman–Crippen LogP) is 2.59. The Hall–Kier alpha value is -1.88. The molecule has 0 amide bonds. The molecule has 0 N–H and O–H groups in total. The van der Waals surface area contributed by atoms with Crippen molar-refractivity contribution in [3.63, 3.8) is 0 Å². The van der Waals surface area contributed by atoms with Gasteiger partial charge in [0.2, 0.25) is 0 Å². The molecule has 0 saturated carbocycles. The van der Waals surface area contributed by atoms with Crippen LogP contribution < -0.4 is 4.90 Å². The van der Waals surface area contributed by atoms with Crippen LogP contribution in [0.25, 0.3) is 11.3 Å². The van der Waals surface area contributed by atoms with Gasteiger partial charge in [-0.25, -0.2) is 4.79 Å². The van der Waals surface area contributed by atoms with Crippen LogP contribution in [0.2, 0.25) is 0 Å². The number of ether oxygens (including phenoxy) is 1. The second kappa shape index (κ2) is 4.66. The SMILES string of the molecule is COC(=O)c1cc2c(s1)CCN(C)c1cccnc1-2. The van der Waals surface area contributed by atoms with Crippen LogP contribution in [-0.4, -0.2) is 31.7 Å². The Labute approximate surface area is 115 Å². The summed E-state index contributed by atoms with van der Waals surface area (Å²) < 4.78 is 4.79. The third-order valence-electron chi connectivity index (χ3n) is 3.32. The molecule has 0 radical (unpaired) electrons. The second-order valence-corrected chi connectivity index (χ2v) is 5.62. The first kappa shape index (κ1) is 12.2. The normalized spacial score (nSPS) is 13.5. The van der Waals surface area contributed by atoms with Crippen molar-refractivity contribution in [3.8, 4) is 11.3 Å². The fourth-order valence-corrected chi connectivity index (χ4v) is 3.39. The van der Waals surface area contributed by atoms with E-state index in [1.807, 2.05) is 12.1 Å². The lowest BCUT2D eigenvalue weighted by atomic mass is 10.1. The first-order valence-electron chi connectivity index (χ1n) is 6.08. The van der Waals surface area contributed by atoms with Gasteiger partial charge in [-0.15, -0.1) is 11.3 Å². The van der Waals surface area contributed by atoms with Crippen LogP contribution in [0.15, 0.2) is 24.4 Å². The summed E-state index contributed by atoms with van der Waals surface area (Å²) in [4.78, 5) is 20.2. The molecule has 0 unspecified atom stereocenters. The number of thiophene rings is 1. The zero-order chi connectivity index (χ0) is 13.4. The Bertz CT molecular complexity index is 636. The van der Waals surface area contributed by atoms with E-state index in [9.17, 15) is 4.79 Å². The number of pyridine rings is 1. The number of likely N-dealkylation sites (N-methyl/N-ethyl adjacent to an activating group) is 1. The molecule has 0 fully saturated rings. The third kappa shape index (κ3) is 2.00. The van der Waals surface area contributed by atoms with E-state index in [1.54, 1.807) is 6.20 Å². The average Bonchev–Trinajstić information content (AvgIpc) is 2.83. The number of aromatic nitrogens is 1. The van der Waals surface area contributed by atoms with Gasteiger partial charge in [0.15, 0.2) is 0 Å². The number of hydrogen-bond donors (Lipinski definition) is 0. The first-order chi connectivity index (χ1) is 9.20. The van der Waals surface area contributed by atoms with Gasteiger partial charge >= 0.3 is 5.97 Å². The van der Waals surface area contributed by atoms with Crippen molar-refractivity contribution in [2.75, 3.05) is 25.6 Å². The molecule has 5 heteroatoms. The van der Waals surface area contributed by atoms with Crippen LogP contribution in [0.5, 0.6) is 0 Å². The van der Waals surface area contributed by atoms with Gasteiger partial charge < -0.3 is 9.64 Å². The minimum Gasteiger partial charge on any atom is -0.465 e. The molecule has 1 aliphatic rings. The van der Waals surface area contributed by atoms with Gasteiger partial charge in [-0.2, -0.15) is 0 Å². The van der Waals surface area contributed by atoms with Crippen LogP contribution in [0, 0.1) is 0 Å². The van der Waals surface area contributed by atoms with E-state index < -0.39 is 0 Å². The third-order valence-corrected chi connectivity index (χ3v) is 4.50. The molecule has 4 nitrogen and oxygen atoms in total. The standard InChI is InChI=1S/C14H14N2O2S/c1-16-7-5-11-9(8-12(19-11)14(17)18-2)13-10(16)4-3-6-15-13/h3-4,6,8H,5,7H2,1-2H3. The molecule has 3 rings (SSSR count). The number of rotatable bonds is 1. The summed E-state index contributed by atoms with van der Waals surface area (Å²) in [5.74, 6) is -0.274.